The lowest BCUT2D eigenvalue weighted by Crippen LogP contribution is -2.35. The van der Waals surface area contributed by atoms with Gasteiger partial charge in [0.25, 0.3) is 0 Å². The van der Waals surface area contributed by atoms with E-state index in [0.717, 1.165) is 5.56 Å². The van der Waals surface area contributed by atoms with Gasteiger partial charge in [0.05, 0.1) is 12.7 Å². The molecule has 0 saturated carbocycles. The molecule has 1 aromatic carbocycles. The molecule has 0 aliphatic carbocycles. The summed E-state index contributed by atoms with van der Waals surface area (Å²) in [4.78, 5) is 25.6. The fraction of sp³-hybridized carbons (Fsp3) is 0.333. The Morgan fingerprint density at radius 1 is 1.35 bits per heavy atom. The second-order valence-corrected chi connectivity index (χ2v) is 5.19. The van der Waals surface area contributed by atoms with Gasteiger partial charge in [0.15, 0.2) is 0 Å². The van der Waals surface area contributed by atoms with Gasteiger partial charge in [-0.05, 0) is 24.6 Å². The monoisotopic (exact) mass is 293 g/mol. The van der Waals surface area contributed by atoms with Crippen molar-refractivity contribution in [1.82, 2.24) is 4.90 Å². The van der Waals surface area contributed by atoms with E-state index < -0.39 is 5.97 Å². The van der Waals surface area contributed by atoms with E-state index in [-0.39, 0.29) is 18.2 Å². The summed E-state index contributed by atoms with van der Waals surface area (Å²) in [5, 5.41) is 0.619. The molecule has 0 saturated heterocycles. The zero-order valence-corrected chi connectivity index (χ0v) is 12.4. The number of esters is 1. The predicted octanol–water partition coefficient (Wildman–Crippen LogP) is 2.73. The molecule has 0 fully saturated rings. The lowest BCUT2D eigenvalue weighted by atomic mass is 9.84. The van der Waals surface area contributed by atoms with Gasteiger partial charge in [0, 0.05) is 30.1 Å². The third kappa shape index (κ3) is 2.56. The topological polar surface area (TPSA) is 46.6 Å². The number of carbonyl (C=O) groups is 2. The number of halogens is 1. The number of amides is 1. The largest absolute Gasteiger partial charge is 0.466 e. The molecule has 0 radical (unpaired) electrons. The van der Waals surface area contributed by atoms with Crippen LogP contribution in [0.3, 0.4) is 0 Å². The summed E-state index contributed by atoms with van der Waals surface area (Å²) in [6.45, 7) is 1.76. The van der Waals surface area contributed by atoms with Gasteiger partial charge in [-0.1, -0.05) is 23.7 Å². The van der Waals surface area contributed by atoms with E-state index in [1.807, 2.05) is 12.1 Å². The van der Waals surface area contributed by atoms with Crippen LogP contribution in [-0.4, -0.2) is 30.9 Å². The van der Waals surface area contributed by atoms with Crippen molar-refractivity contribution < 1.29 is 14.3 Å². The van der Waals surface area contributed by atoms with Gasteiger partial charge in [-0.25, -0.2) is 4.79 Å². The molecule has 0 N–H and O–H groups in total. The Bertz CT molecular complexity index is 577. The summed E-state index contributed by atoms with van der Waals surface area (Å²) in [6.07, 6.45) is 0.250. The number of hydrogen-bond donors (Lipinski definition) is 0. The Balaban J connectivity index is 2.51. The fourth-order valence-corrected chi connectivity index (χ4v) is 2.54. The van der Waals surface area contributed by atoms with Crippen LogP contribution in [0.5, 0.6) is 0 Å². The van der Waals surface area contributed by atoms with E-state index in [1.54, 1.807) is 26.1 Å². The van der Waals surface area contributed by atoms with Crippen molar-refractivity contribution >= 4 is 23.5 Å². The zero-order valence-electron chi connectivity index (χ0n) is 11.6. The lowest BCUT2D eigenvalue weighted by Gasteiger charge is -2.31. The molecule has 1 heterocycles. The van der Waals surface area contributed by atoms with Gasteiger partial charge in [0.1, 0.15) is 0 Å². The quantitative estimate of drug-likeness (QED) is 0.788. The van der Waals surface area contributed by atoms with E-state index in [1.165, 1.54) is 12.0 Å². The molecule has 106 valence electrons. The number of ether oxygens (including phenoxy) is 1. The number of carbonyl (C=O) groups excluding carboxylic acids is 2. The maximum Gasteiger partial charge on any atom is 0.336 e. The molecule has 4 nitrogen and oxygen atoms in total. The summed E-state index contributed by atoms with van der Waals surface area (Å²) in [5.74, 6) is -0.708. The highest BCUT2D eigenvalue weighted by Crippen LogP contribution is 2.36. The smallest absolute Gasteiger partial charge is 0.336 e. The van der Waals surface area contributed by atoms with Gasteiger partial charge in [0.2, 0.25) is 5.91 Å². The maximum absolute atomic E-state index is 12.0. The molecule has 0 aromatic heterocycles. The van der Waals surface area contributed by atoms with Crippen molar-refractivity contribution in [3.63, 3.8) is 0 Å². The lowest BCUT2D eigenvalue weighted by molar-refractivity contribution is -0.137. The molecule has 0 spiro atoms. The first kappa shape index (κ1) is 14.6. The predicted molar refractivity (Wildman–Crippen MR) is 76.3 cm³/mol. The molecule has 20 heavy (non-hydrogen) atoms. The summed E-state index contributed by atoms with van der Waals surface area (Å²) in [6, 6.07) is 7.18. The van der Waals surface area contributed by atoms with Crippen LogP contribution in [0.15, 0.2) is 35.5 Å². The molecule has 1 atom stereocenters. The molecular weight excluding hydrogens is 278 g/mol. The molecule has 0 bridgehead atoms. The van der Waals surface area contributed by atoms with Crippen LogP contribution < -0.4 is 0 Å². The molecule has 1 aliphatic rings. The average Bonchev–Trinajstić information content (AvgIpc) is 2.44. The minimum Gasteiger partial charge on any atom is -0.466 e. The van der Waals surface area contributed by atoms with Gasteiger partial charge in [-0.15, -0.1) is 0 Å². The van der Waals surface area contributed by atoms with Crippen LogP contribution in [0.25, 0.3) is 0 Å². The number of methoxy groups -OCH3 is 1. The van der Waals surface area contributed by atoms with Gasteiger partial charge >= 0.3 is 5.97 Å². The second-order valence-electron chi connectivity index (χ2n) is 4.75. The van der Waals surface area contributed by atoms with Crippen LogP contribution in [0, 0.1) is 0 Å². The average molecular weight is 294 g/mol. The van der Waals surface area contributed by atoms with Crippen molar-refractivity contribution in [3.05, 3.63) is 46.1 Å². The fourth-order valence-electron chi connectivity index (χ4n) is 2.41. The first-order valence-corrected chi connectivity index (χ1v) is 6.64. The van der Waals surface area contributed by atoms with E-state index >= 15 is 0 Å². The second kappa shape index (κ2) is 5.67. The molecular formula is C15H16ClNO3. The standard InChI is InChI=1S/C15H16ClNO3/c1-9-14(15(19)20-3)12(8-13(18)17(9)2)10-4-6-11(16)7-5-10/h4-7,12H,8H2,1-3H3/t12-/m1/s1. The summed E-state index contributed by atoms with van der Waals surface area (Å²) >= 11 is 5.88. The molecule has 2 rings (SSSR count). The zero-order chi connectivity index (χ0) is 14.9. The summed E-state index contributed by atoms with van der Waals surface area (Å²) in [5.41, 5.74) is 2.04. The SMILES string of the molecule is COC(=O)C1=C(C)N(C)C(=O)C[C@@H]1c1ccc(Cl)cc1. The van der Waals surface area contributed by atoms with Gasteiger partial charge in [-0.3, -0.25) is 4.79 Å². The Hall–Kier alpha value is -1.81. The molecule has 1 aliphatic heterocycles. The third-order valence-electron chi connectivity index (χ3n) is 3.67. The summed E-state index contributed by atoms with van der Waals surface area (Å²) in [7, 11) is 3.01. The van der Waals surface area contributed by atoms with E-state index in [0.29, 0.717) is 16.3 Å². The van der Waals surface area contributed by atoms with Crippen molar-refractivity contribution in [2.75, 3.05) is 14.2 Å². The Labute approximate surface area is 123 Å². The maximum atomic E-state index is 12.0. The van der Waals surface area contributed by atoms with Gasteiger partial charge < -0.3 is 9.64 Å². The Morgan fingerprint density at radius 2 is 1.95 bits per heavy atom. The van der Waals surface area contributed by atoms with Crippen LogP contribution >= 0.6 is 11.6 Å². The normalized spacial score (nSPS) is 19.3. The van der Waals surface area contributed by atoms with Crippen molar-refractivity contribution in [2.45, 2.75) is 19.3 Å². The van der Waals surface area contributed by atoms with Crippen LogP contribution in [0.2, 0.25) is 5.02 Å². The Morgan fingerprint density at radius 3 is 2.50 bits per heavy atom. The number of nitrogens with zero attached hydrogens (tertiary/aromatic N) is 1. The van der Waals surface area contributed by atoms with Crippen molar-refractivity contribution in [2.24, 2.45) is 0 Å². The minimum atomic E-state index is -0.401. The van der Waals surface area contributed by atoms with Gasteiger partial charge in [-0.2, -0.15) is 0 Å². The highest BCUT2D eigenvalue weighted by molar-refractivity contribution is 6.30. The van der Waals surface area contributed by atoms with Crippen LogP contribution in [0.4, 0.5) is 0 Å². The minimum absolute atomic E-state index is 0.0184. The van der Waals surface area contributed by atoms with E-state index in [2.05, 4.69) is 0 Å². The molecule has 0 unspecified atom stereocenters. The summed E-state index contributed by atoms with van der Waals surface area (Å²) < 4.78 is 4.86. The van der Waals surface area contributed by atoms with E-state index in [9.17, 15) is 9.59 Å². The van der Waals surface area contributed by atoms with Crippen molar-refractivity contribution in [3.8, 4) is 0 Å². The Kier molecular flexibility index (Phi) is 4.14. The van der Waals surface area contributed by atoms with Crippen LogP contribution in [0.1, 0.15) is 24.8 Å². The first-order valence-electron chi connectivity index (χ1n) is 6.26. The molecule has 1 aromatic rings. The first-order chi connectivity index (χ1) is 9.45. The number of hydrogen-bond acceptors (Lipinski definition) is 3. The highest BCUT2D eigenvalue weighted by atomic mass is 35.5. The number of allylic oxidation sites excluding steroid dienone is 1. The highest BCUT2D eigenvalue weighted by Gasteiger charge is 2.35. The van der Waals surface area contributed by atoms with Crippen LogP contribution in [-0.2, 0) is 14.3 Å². The molecule has 5 heteroatoms. The number of rotatable bonds is 2. The third-order valence-corrected chi connectivity index (χ3v) is 3.92. The van der Waals surface area contributed by atoms with E-state index in [4.69, 9.17) is 16.3 Å². The van der Waals surface area contributed by atoms with Crippen molar-refractivity contribution in [1.29, 1.82) is 0 Å². The molecule has 1 amide bonds. The number of benzene rings is 1.